The van der Waals surface area contributed by atoms with Crippen LogP contribution in [0.2, 0.25) is 0 Å². The smallest absolute Gasteiger partial charge is 0.240 e. The van der Waals surface area contributed by atoms with Crippen molar-refractivity contribution >= 4 is 21.6 Å². The molecule has 0 aromatic heterocycles. The van der Waals surface area contributed by atoms with Crippen molar-refractivity contribution in [2.45, 2.75) is 11.3 Å². The van der Waals surface area contributed by atoms with Gasteiger partial charge in [-0.3, -0.25) is 4.79 Å². The molecule has 0 bridgehead atoms. The highest BCUT2D eigenvalue weighted by Crippen LogP contribution is 2.13. The minimum absolute atomic E-state index is 0.0612. The molecular weight excluding hydrogens is 294 g/mol. The summed E-state index contributed by atoms with van der Waals surface area (Å²) in [6.45, 7) is 1.45. The Hall–Kier alpha value is -1.64. The number of benzene rings is 1. The van der Waals surface area contributed by atoms with E-state index in [1.165, 1.54) is 19.2 Å². The predicted octanol–water partition coefficient (Wildman–Crippen LogP) is 0.159. The molecule has 21 heavy (non-hydrogen) atoms. The van der Waals surface area contributed by atoms with E-state index in [0.29, 0.717) is 26.1 Å². The molecule has 1 amide bonds. The van der Waals surface area contributed by atoms with Crippen LogP contribution in [0.15, 0.2) is 29.2 Å². The highest BCUT2D eigenvalue weighted by Gasteiger charge is 2.10. The molecule has 0 spiro atoms. The van der Waals surface area contributed by atoms with E-state index in [0.717, 1.165) is 5.69 Å². The highest BCUT2D eigenvalue weighted by molar-refractivity contribution is 7.89. The lowest BCUT2D eigenvalue weighted by atomic mass is 10.3. The van der Waals surface area contributed by atoms with Crippen molar-refractivity contribution in [3.8, 4) is 0 Å². The van der Waals surface area contributed by atoms with Crippen molar-refractivity contribution in [2.24, 2.45) is 0 Å². The molecule has 0 atom stereocenters. The first-order valence-electron chi connectivity index (χ1n) is 6.52. The molecule has 0 aliphatic heterocycles. The molecule has 0 aliphatic carbocycles. The highest BCUT2D eigenvalue weighted by atomic mass is 32.2. The van der Waals surface area contributed by atoms with Crippen molar-refractivity contribution < 1.29 is 17.9 Å². The maximum atomic E-state index is 11.5. The zero-order valence-electron chi connectivity index (χ0n) is 12.2. The van der Waals surface area contributed by atoms with Crippen LogP contribution in [0.4, 0.5) is 5.69 Å². The molecule has 1 aromatic rings. The van der Waals surface area contributed by atoms with Gasteiger partial charge in [0.05, 0.1) is 11.5 Å². The summed E-state index contributed by atoms with van der Waals surface area (Å²) < 4.78 is 30.2. The third-order valence-electron chi connectivity index (χ3n) is 2.74. The monoisotopic (exact) mass is 315 g/mol. The molecule has 0 saturated heterocycles. The van der Waals surface area contributed by atoms with Gasteiger partial charge in [-0.15, -0.1) is 0 Å². The fraction of sp³-hybridized carbons (Fsp3) is 0.462. The second-order valence-corrected chi connectivity index (χ2v) is 6.14. The van der Waals surface area contributed by atoms with Crippen LogP contribution in [-0.4, -0.2) is 48.2 Å². The maximum Gasteiger partial charge on any atom is 0.240 e. The normalized spacial score (nSPS) is 11.1. The molecule has 1 rings (SSSR count). The van der Waals surface area contributed by atoms with Crippen LogP contribution >= 0.6 is 0 Å². The number of rotatable bonds is 9. The maximum absolute atomic E-state index is 11.5. The number of carbonyl (C=O) groups is 1. The fourth-order valence-corrected chi connectivity index (χ4v) is 2.30. The number of hydrogen-bond donors (Lipinski definition) is 3. The van der Waals surface area contributed by atoms with E-state index in [4.69, 9.17) is 4.74 Å². The van der Waals surface area contributed by atoms with E-state index in [1.54, 1.807) is 19.2 Å². The number of hydrogen-bond acceptors (Lipinski definition) is 5. The van der Waals surface area contributed by atoms with Gasteiger partial charge >= 0.3 is 0 Å². The summed E-state index contributed by atoms with van der Waals surface area (Å²) in [5.41, 5.74) is 0.759. The van der Waals surface area contributed by atoms with Gasteiger partial charge in [-0.1, -0.05) is 0 Å². The van der Waals surface area contributed by atoms with Gasteiger partial charge in [0, 0.05) is 32.3 Å². The topological polar surface area (TPSA) is 96.5 Å². The third-order valence-corrected chi connectivity index (χ3v) is 4.17. The quantitative estimate of drug-likeness (QED) is 0.564. The van der Waals surface area contributed by atoms with E-state index < -0.39 is 10.0 Å². The summed E-state index contributed by atoms with van der Waals surface area (Å²) in [7, 11) is -0.476. The van der Waals surface area contributed by atoms with Gasteiger partial charge in [-0.05, 0) is 31.3 Å². The average molecular weight is 315 g/mol. The van der Waals surface area contributed by atoms with Crippen molar-refractivity contribution in [3.63, 3.8) is 0 Å². The number of nitrogens with one attached hydrogen (secondary N) is 3. The lowest BCUT2D eigenvalue weighted by Crippen LogP contribution is -2.28. The molecule has 1 aromatic carbocycles. The van der Waals surface area contributed by atoms with E-state index in [1.807, 2.05) is 0 Å². The van der Waals surface area contributed by atoms with Gasteiger partial charge < -0.3 is 15.4 Å². The first-order valence-corrected chi connectivity index (χ1v) is 8.01. The van der Waals surface area contributed by atoms with Crippen LogP contribution in [0.1, 0.15) is 6.42 Å². The molecule has 7 nitrogen and oxygen atoms in total. The fourth-order valence-electron chi connectivity index (χ4n) is 1.57. The third kappa shape index (κ3) is 6.11. The molecule has 118 valence electrons. The summed E-state index contributed by atoms with van der Waals surface area (Å²) in [5, 5.41) is 5.77. The van der Waals surface area contributed by atoms with Gasteiger partial charge in [0.15, 0.2) is 0 Å². The Morgan fingerprint density at radius 3 is 2.43 bits per heavy atom. The molecular formula is C13H21N3O4S. The zero-order chi connectivity index (χ0) is 15.7. The Labute approximate surface area is 125 Å². The summed E-state index contributed by atoms with van der Waals surface area (Å²) in [6.07, 6.45) is 0.334. The number of carbonyl (C=O) groups excluding carboxylic acids is 1. The zero-order valence-corrected chi connectivity index (χ0v) is 13.0. The van der Waals surface area contributed by atoms with E-state index >= 15 is 0 Å². The Balaban J connectivity index is 2.38. The van der Waals surface area contributed by atoms with Gasteiger partial charge in [-0.2, -0.15) is 0 Å². The minimum Gasteiger partial charge on any atom is -0.385 e. The van der Waals surface area contributed by atoms with Crippen LogP contribution in [0, 0.1) is 0 Å². The molecule has 0 radical (unpaired) electrons. The van der Waals surface area contributed by atoms with E-state index in [9.17, 15) is 13.2 Å². The molecule has 0 heterocycles. The number of methoxy groups -OCH3 is 1. The SMILES string of the molecule is CNS(=O)(=O)c1ccc(NCCC(=O)NCCOC)cc1. The number of anilines is 1. The van der Waals surface area contributed by atoms with Crippen molar-refractivity contribution in [1.29, 1.82) is 0 Å². The second-order valence-electron chi connectivity index (χ2n) is 4.25. The Morgan fingerprint density at radius 2 is 1.86 bits per heavy atom. The lowest BCUT2D eigenvalue weighted by molar-refractivity contribution is -0.121. The van der Waals surface area contributed by atoms with Gasteiger partial charge in [0.2, 0.25) is 15.9 Å². The predicted molar refractivity (Wildman–Crippen MR) is 80.7 cm³/mol. The van der Waals surface area contributed by atoms with Gasteiger partial charge in [0.25, 0.3) is 0 Å². The molecule has 0 unspecified atom stereocenters. The number of sulfonamides is 1. The molecule has 0 saturated carbocycles. The second kappa shape index (κ2) is 8.60. The lowest BCUT2D eigenvalue weighted by Gasteiger charge is -2.08. The first kappa shape index (κ1) is 17.4. The van der Waals surface area contributed by atoms with Crippen molar-refractivity contribution in [1.82, 2.24) is 10.0 Å². The largest absolute Gasteiger partial charge is 0.385 e. The summed E-state index contributed by atoms with van der Waals surface area (Å²) in [5.74, 6) is -0.0612. The van der Waals surface area contributed by atoms with Crippen LogP contribution in [-0.2, 0) is 19.6 Å². The van der Waals surface area contributed by atoms with E-state index in [-0.39, 0.29) is 10.8 Å². The van der Waals surface area contributed by atoms with Crippen LogP contribution in [0.25, 0.3) is 0 Å². The Kier molecular flexibility index (Phi) is 7.13. The minimum atomic E-state index is -3.42. The van der Waals surface area contributed by atoms with E-state index in [2.05, 4.69) is 15.4 Å². The van der Waals surface area contributed by atoms with Crippen LogP contribution < -0.4 is 15.4 Å². The molecule has 8 heteroatoms. The van der Waals surface area contributed by atoms with Gasteiger partial charge in [-0.25, -0.2) is 13.1 Å². The Bertz CT molecular complexity index is 543. The standard InChI is InChI=1S/C13H21N3O4S/c1-14-21(18,19)12-5-3-11(4-6-12)15-8-7-13(17)16-9-10-20-2/h3-6,14-15H,7-10H2,1-2H3,(H,16,17). The molecule has 0 aliphatic rings. The van der Waals surface area contributed by atoms with Crippen LogP contribution in [0.3, 0.4) is 0 Å². The summed E-state index contributed by atoms with van der Waals surface area (Å²) in [6, 6.07) is 6.33. The molecule has 3 N–H and O–H groups in total. The van der Waals surface area contributed by atoms with Crippen molar-refractivity contribution in [2.75, 3.05) is 39.2 Å². The summed E-state index contributed by atoms with van der Waals surface area (Å²) >= 11 is 0. The average Bonchev–Trinajstić information content (AvgIpc) is 2.48. The van der Waals surface area contributed by atoms with Gasteiger partial charge in [0.1, 0.15) is 0 Å². The molecule has 0 fully saturated rings. The number of ether oxygens (including phenoxy) is 1. The number of amides is 1. The van der Waals surface area contributed by atoms with Crippen LogP contribution in [0.5, 0.6) is 0 Å². The Morgan fingerprint density at radius 1 is 1.19 bits per heavy atom. The summed E-state index contributed by atoms with van der Waals surface area (Å²) in [4.78, 5) is 11.6. The van der Waals surface area contributed by atoms with Crippen molar-refractivity contribution in [3.05, 3.63) is 24.3 Å². The first-order chi connectivity index (χ1) is 9.99.